The number of amides is 5. The molecule has 2 N–H and O–H groups in total. The van der Waals surface area contributed by atoms with E-state index in [0.29, 0.717) is 33.8 Å². The molecule has 9 nitrogen and oxygen atoms in total. The average Bonchev–Trinajstić information content (AvgIpc) is 2.99. The van der Waals surface area contributed by atoms with Gasteiger partial charge in [0, 0.05) is 5.69 Å². The van der Waals surface area contributed by atoms with Crippen molar-refractivity contribution in [3.05, 3.63) is 124 Å². The Morgan fingerprint density at radius 2 is 1.67 bits per heavy atom. The Morgan fingerprint density at radius 1 is 0.907 bits per heavy atom. The maximum Gasteiger partial charge on any atom is 0.335 e. The number of urea groups is 1. The van der Waals surface area contributed by atoms with Crippen LogP contribution in [0.15, 0.2) is 107 Å². The van der Waals surface area contributed by atoms with Crippen molar-refractivity contribution >= 4 is 57.1 Å². The summed E-state index contributed by atoms with van der Waals surface area (Å²) in [6.45, 7) is 2.08. The highest BCUT2D eigenvalue weighted by atomic mass is 79.9. The molecule has 5 rings (SSSR count). The van der Waals surface area contributed by atoms with E-state index in [1.807, 2.05) is 55.5 Å². The Kier molecular flexibility index (Phi) is 8.97. The molecule has 4 aromatic rings. The van der Waals surface area contributed by atoms with Gasteiger partial charge in [-0.15, -0.1) is 0 Å². The number of hydrogen-bond donors (Lipinski definition) is 2. The number of aryl methyl sites for hydroxylation is 1. The summed E-state index contributed by atoms with van der Waals surface area (Å²) in [7, 11) is 0. The number of nitrogens with one attached hydrogen (secondary N) is 2. The third kappa shape index (κ3) is 7.35. The first-order chi connectivity index (χ1) is 20.8. The molecule has 5 amide bonds. The first-order valence-corrected chi connectivity index (χ1v) is 14.0. The van der Waals surface area contributed by atoms with E-state index < -0.39 is 17.8 Å². The van der Waals surface area contributed by atoms with E-state index >= 15 is 0 Å². The minimum absolute atomic E-state index is 0.220. The van der Waals surface area contributed by atoms with Gasteiger partial charge in [-0.25, -0.2) is 9.69 Å². The van der Waals surface area contributed by atoms with Crippen molar-refractivity contribution in [3.8, 4) is 11.5 Å². The molecular formula is C33H26BrN3O6. The monoisotopic (exact) mass is 639 g/mol. The van der Waals surface area contributed by atoms with Gasteiger partial charge < -0.3 is 14.8 Å². The van der Waals surface area contributed by atoms with Crippen LogP contribution in [0.5, 0.6) is 11.5 Å². The smallest absolute Gasteiger partial charge is 0.335 e. The first kappa shape index (κ1) is 29.3. The van der Waals surface area contributed by atoms with E-state index in [4.69, 9.17) is 9.47 Å². The van der Waals surface area contributed by atoms with Gasteiger partial charge in [0.05, 0.1) is 10.2 Å². The number of rotatable bonds is 9. The van der Waals surface area contributed by atoms with Crippen molar-refractivity contribution in [2.24, 2.45) is 0 Å². The minimum atomic E-state index is -0.848. The lowest BCUT2D eigenvalue weighted by Crippen LogP contribution is -2.54. The second-order valence-electron chi connectivity index (χ2n) is 9.62. The number of benzene rings is 4. The number of ether oxygens (including phenoxy) is 2. The summed E-state index contributed by atoms with van der Waals surface area (Å²) in [5.41, 5.74) is 3.25. The van der Waals surface area contributed by atoms with Gasteiger partial charge in [-0.3, -0.25) is 19.7 Å². The zero-order chi connectivity index (χ0) is 30.3. The molecule has 0 atom stereocenters. The van der Waals surface area contributed by atoms with Gasteiger partial charge in [-0.2, -0.15) is 0 Å². The molecule has 43 heavy (non-hydrogen) atoms. The summed E-state index contributed by atoms with van der Waals surface area (Å²) in [5, 5.41) is 4.99. The van der Waals surface area contributed by atoms with Gasteiger partial charge in [0.1, 0.15) is 23.7 Å². The quantitative estimate of drug-likeness (QED) is 0.171. The minimum Gasteiger partial charge on any atom is -0.489 e. The summed E-state index contributed by atoms with van der Waals surface area (Å²) >= 11 is 3.41. The molecule has 1 saturated heterocycles. The van der Waals surface area contributed by atoms with Crippen molar-refractivity contribution < 1.29 is 28.7 Å². The number of carbonyl (C=O) groups excluding carboxylic acids is 4. The Bertz CT molecular complexity index is 1720. The molecule has 216 valence electrons. The van der Waals surface area contributed by atoms with Crippen molar-refractivity contribution in [2.45, 2.75) is 13.5 Å². The number of carbonyl (C=O) groups is 4. The molecular weight excluding hydrogens is 614 g/mol. The zero-order valence-corrected chi connectivity index (χ0v) is 24.6. The summed E-state index contributed by atoms with van der Waals surface area (Å²) in [4.78, 5) is 51.8. The van der Waals surface area contributed by atoms with Crippen LogP contribution in [0.3, 0.4) is 0 Å². The number of imide groups is 2. The van der Waals surface area contributed by atoms with Crippen LogP contribution in [0.25, 0.3) is 6.08 Å². The first-order valence-electron chi connectivity index (χ1n) is 13.2. The SMILES string of the molecule is Cc1cccc(NC(=O)COc2ccc(/C=C3\C(=O)NC(=O)N(c4ccc(OCc5ccccc5)cc4)C3=O)cc2Br)c1. The average molecular weight is 640 g/mol. The highest BCUT2D eigenvalue weighted by molar-refractivity contribution is 9.10. The predicted molar refractivity (Wildman–Crippen MR) is 166 cm³/mol. The summed E-state index contributed by atoms with van der Waals surface area (Å²) in [6, 6.07) is 27.5. The lowest BCUT2D eigenvalue weighted by molar-refractivity contribution is -0.122. The highest BCUT2D eigenvalue weighted by Gasteiger charge is 2.36. The molecule has 1 aliphatic heterocycles. The number of nitrogens with zero attached hydrogens (tertiary/aromatic N) is 1. The van der Waals surface area contributed by atoms with Crippen molar-refractivity contribution in [3.63, 3.8) is 0 Å². The van der Waals surface area contributed by atoms with Crippen LogP contribution in [0.2, 0.25) is 0 Å². The van der Waals surface area contributed by atoms with E-state index in [1.54, 1.807) is 48.5 Å². The molecule has 0 aliphatic carbocycles. The number of barbiturate groups is 1. The molecule has 0 bridgehead atoms. The molecule has 1 aliphatic rings. The Labute approximate surface area is 256 Å². The van der Waals surface area contributed by atoms with E-state index in [-0.39, 0.29) is 23.8 Å². The van der Waals surface area contributed by atoms with E-state index in [9.17, 15) is 19.2 Å². The maximum atomic E-state index is 13.3. The predicted octanol–water partition coefficient (Wildman–Crippen LogP) is 6.02. The molecule has 1 heterocycles. The van der Waals surface area contributed by atoms with Crippen LogP contribution in [0.4, 0.5) is 16.2 Å². The molecule has 0 saturated carbocycles. The lowest BCUT2D eigenvalue weighted by atomic mass is 10.1. The summed E-state index contributed by atoms with van der Waals surface area (Å²) in [5.74, 6) is -0.945. The summed E-state index contributed by atoms with van der Waals surface area (Å²) < 4.78 is 11.9. The van der Waals surface area contributed by atoms with Crippen LogP contribution in [0.1, 0.15) is 16.7 Å². The molecule has 0 spiro atoms. The summed E-state index contributed by atoms with van der Waals surface area (Å²) in [6.07, 6.45) is 1.38. The normalized spacial score (nSPS) is 14.0. The van der Waals surface area contributed by atoms with Crippen LogP contribution < -0.4 is 25.0 Å². The van der Waals surface area contributed by atoms with Crippen LogP contribution in [0, 0.1) is 6.92 Å². The Hall–Kier alpha value is -5.22. The van der Waals surface area contributed by atoms with Gasteiger partial charge in [0.25, 0.3) is 17.7 Å². The fourth-order valence-electron chi connectivity index (χ4n) is 4.28. The molecule has 10 heteroatoms. The molecule has 4 aromatic carbocycles. The van der Waals surface area contributed by atoms with Gasteiger partial charge >= 0.3 is 6.03 Å². The number of anilines is 2. The fraction of sp³-hybridized carbons (Fsp3) is 0.0909. The van der Waals surface area contributed by atoms with Crippen molar-refractivity contribution in [1.82, 2.24) is 5.32 Å². The number of hydrogen-bond acceptors (Lipinski definition) is 6. The highest BCUT2D eigenvalue weighted by Crippen LogP contribution is 2.29. The Morgan fingerprint density at radius 3 is 2.40 bits per heavy atom. The van der Waals surface area contributed by atoms with Gasteiger partial charge in [-0.1, -0.05) is 48.5 Å². The Balaban J connectivity index is 1.25. The van der Waals surface area contributed by atoms with Crippen LogP contribution in [-0.4, -0.2) is 30.4 Å². The van der Waals surface area contributed by atoms with Crippen molar-refractivity contribution in [2.75, 3.05) is 16.8 Å². The third-order valence-electron chi connectivity index (χ3n) is 6.37. The largest absolute Gasteiger partial charge is 0.489 e. The van der Waals surface area contributed by atoms with Gasteiger partial charge in [-0.05, 0) is 94.2 Å². The van der Waals surface area contributed by atoms with Crippen LogP contribution in [-0.2, 0) is 21.0 Å². The maximum absolute atomic E-state index is 13.3. The lowest BCUT2D eigenvalue weighted by Gasteiger charge is -2.26. The molecule has 1 fully saturated rings. The standard InChI is InChI=1S/C33H26BrN3O6/c1-21-6-5-9-24(16-21)35-30(38)20-43-29-15-10-23(18-28(29)34)17-27-31(39)36-33(41)37(32(27)40)25-11-13-26(14-12-25)42-19-22-7-3-2-4-8-22/h2-18H,19-20H2,1H3,(H,35,38)(H,36,39,41)/b27-17+. The van der Waals surface area contributed by atoms with E-state index in [2.05, 4.69) is 26.6 Å². The van der Waals surface area contributed by atoms with Crippen LogP contribution >= 0.6 is 15.9 Å². The second-order valence-corrected chi connectivity index (χ2v) is 10.5. The van der Waals surface area contributed by atoms with Gasteiger partial charge in [0.2, 0.25) is 0 Å². The van der Waals surface area contributed by atoms with E-state index in [0.717, 1.165) is 16.0 Å². The van der Waals surface area contributed by atoms with Crippen molar-refractivity contribution in [1.29, 1.82) is 0 Å². The fourth-order valence-corrected chi connectivity index (χ4v) is 4.79. The zero-order valence-electron chi connectivity index (χ0n) is 23.0. The topological polar surface area (TPSA) is 114 Å². The molecule has 0 unspecified atom stereocenters. The number of halogens is 1. The van der Waals surface area contributed by atoms with E-state index in [1.165, 1.54) is 6.08 Å². The molecule has 0 aromatic heterocycles. The van der Waals surface area contributed by atoms with Gasteiger partial charge in [0.15, 0.2) is 6.61 Å². The second kappa shape index (κ2) is 13.2. The third-order valence-corrected chi connectivity index (χ3v) is 6.99. The molecule has 0 radical (unpaired) electrons.